The van der Waals surface area contributed by atoms with E-state index in [-0.39, 0.29) is 6.42 Å². The number of esters is 1. The van der Waals surface area contributed by atoms with Gasteiger partial charge in [0, 0.05) is 70.7 Å². The molecule has 0 bridgehead atoms. The number of morpholine rings is 1. The summed E-state index contributed by atoms with van der Waals surface area (Å²) in [7, 11) is 1.31. The fourth-order valence-electron chi connectivity index (χ4n) is 5.38. The third-order valence-electron chi connectivity index (χ3n) is 7.65. The van der Waals surface area contributed by atoms with Crippen LogP contribution in [-0.2, 0) is 25.5 Å². The molecule has 3 aromatic carbocycles. The van der Waals surface area contributed by atoms with Crippen molar-refractivity contribution in [1.29, 1.82) is 0 Å². The van der Waals surface area contributed by atoms with Crippen molar-refractivity contribution in [2.24, 2.45) is 0 Å². The molecule has 1 aliphatic rings. The van der Waals surface area contributed by atoms with Gasteiger partial charge in [-0.2, -0.15) is 5.10 Å². The minimum Gasteiger partial charge on any atom is -0.467 e. The Morgan fingerprint density at radius 3 is 2.64 bits per heavy atom. The van der Waals surface area contributed by atoms with Crippen LogP contribution in [0.3, 0.4) is 0 Å². The summed E-state index contributed by atoms with van der Waals surface area (Å²) < 4.78 is 12.2. The van der Waals surface area contributed by atoms with E-state index in [1.807, 2.05) is 67.0 Å². The van der Waals surface area contributed by atoms with Crippen LogP contribution in [0.25, 0.3) is 33.9 Å². The quantitative estimate of drug-likeness (QED) is 0.171. The molecule has 6 rings (SSSR count). The highest BCUT2D eigenvalue weighted by atomic mass is 35.5. The summed E-state index contributed by atoms with van der Waals surface area (Å²) in [5.41, 5.74) is 6.10. The van der Waals surface area contributed by atoms with Gasteiger partial charge in [0.1, 0.15) is 6.04 Å². The van der Waals surface area contributed by atoms with E-state index in [1.54, 1.807) is 16.8 Å². The Morgan fingerprint density at radius 2 is 1.86 bits per heavy atom. The number of carbonyl (C=O) groups is 2. The van der Waals surface area contributed by atoms with Gasteiger partial charge in [0.25, 0.3) is 0 Å². The predicted octanol–water partition coefficient (Wildman–Crippen LogP) is 5.42. The Labute approximate surface area is 260 Å². The average Bonchev–Trinajstić information content (AvgIpc) is 3.68. The Hall–Kier alpha value is -4.86. The molecule has 0 aliphatic carbocycles. The molecule has 3 heterocycles. The molecule has 1 saturated heterocycles. The topological polar surface area (TPSA) is 101 Å². The summed E-state index contributed by atoms with van der Waals surface area (Å²) in [6.07, 6.45) is 7.10. The second-order valence-corrected chi connectivity index (χ2v) is 10.9. The third-order valence-corrected chi connectivity index (χ3v) is 7.88. The van der Waals surface area contributed by atoms with Crippen LogP contribution in [-0.4, -0.2) is 66.1 Å². The van der Waals surface area contributed by atoms with Gasteiger partial charge in [0.2, 0.25) is 5.91 Å². The predicted molar refractivity (Wildman–Crippen MR) is 172 cm³/mol. The molecule has 224 valence electrons. The van der Waals surface area contributed by atoms with Crippen LogP contribution in [0.2, 0.25) is 5.02 Å². The fraction of sp³-hybridized carbons (Fsp3) is 0.206. The number of nitrogens with one attached hydrogen (secondary N) is 2. The van der Waals surface area contributed by atoms with E-state index in [0.717, 1.165) is 52.1 Å². The molecule has 10 heteroatoms. The summed E-state index contributed by atoms with van der Waals surface area (Å²) >= 11 is 6.26. The van der Waals surface area contributed by atoms with Gasteiger partial charge >= 0.3 is 5.97 Å². The lowest BCUT2D eigenvalue weighted by Crippen LogP contribution is -2.42. The number of amides is 1. The molecule has 1 amide bonds. The van der Waals surface area contributed by atoms with Gasteiger partial charge in [-0.05, 0) is 48.0 Å². The van der Waals surface area contributed by atoms with Crippen molar-refractivity contribution >= 4 is 46.1 Å². The number of aromatic amines is 1. The number of para-hydroxylation sites is 1. The number of aromatic nitrogens is 3. The van der Waals surface area contributed by atoms with Crippen molar-refractivity contribution < 1.29 is 19.1 Å². The van der Waals surface area contributed by atoms with Gasteiger partial charge in [-0.1, -0.05) is 48.0 Å². The molecule has 0 saturated carbocycles. The number of nitrogens with zero attached hydrogens (tertiary/aromatic N) is 3. The first kappa shape index (κ1) is 29.2. The van der Waals surface area contributed by atoms with Gasteiger partial charge < -0.3 is 24.7 Å². The number of ether oxygens (including phenoxy) is 2. The van der Waals surface area contributed by atoms with Gasteiger partial charge in [-0.3, -0.25) is 4.79 Å². The monoisotopic (exact) mass is 609 g/mol. The maximum absolute atomic E-state index is 13.2. The van der Waals surface area contributed by atoms with Crippen molar-refractivity contribution in [2.45, 2.75) is 12.5 Å². The number of hydrogen-bond donors (Lipinski definition) is 2. The number of rotatable bonds is 9. The molecule has 9 nitrogen and oxygen atoms in total. The molecular formula is C34H32ClN5O4. The van der Waals surface area contributed by atoms with E-state index in [1.165, 1.54) is 13.2 Å². The first-order valence-corrected chi connectivity index (χ1v) is 14.8. The number of anilines is 1. The number of halogens is 1. The average molecular weight is 610 g/mol. The molecule has 1 aliphatic heterocycles. The van der Waals surface area contributed by atoms with Crippen LogP contribution in [0.15, 0.2) is 91.3 Å². The molecular weight excluding hydrogens is 578 g/mol. The Kier molecular flexibility index (Phi) is 8.76. The highest BCUT2D eigenvalue weighted by molar-refractivity contribution is 6.30. The standard InChI is InChI=1S/C34H32ClN5O4/c1-43-34(42)31(19-25-21-36-30-8-3-2-7-29(25)30)37-32(41)14-11-24-22-40(28-6-4-5-26(35)20-28)38-33(24)23-9-12-27(13-10-23)39-15-17-44-18-16-39/h2-14,20-22,31,36H,15-19H2,1H3,(H,37,41)/b14-11+/t31-/m0/s1. The van der Waals surface area contributed by atoms with E-state index >= 15 is 0 Å². The van der Waals surface area contributed by atoms with Crippen LogP contribution >= 0.6 is 11.6 Å². The molecule has 5 aromatic rings. The number of fused-ring (bicyclic) bond motifs is 1. The Morgan fingerprint density at radius 1 is 1.07 bits per heavy atom. The first-order chi connectivity index (χ1) is 21.5. The van der Waals surface area contributed by atoms with E-state index in [2.05, 4.69) is 27.3 Å². The zero-order valence-electron chi connectivity index (χ0n) is 24.2. The number of H-pyrrole nitrogens is 1. The van der Waals surface area contributed by atoms with E-state index in [0.29, 0.717) is 23.9 Å². The number of benzene rings is 3. The van der Waals surface area contributed by atoms with Crippen molar-refractivity contribution in [3.05, 3.63) is 107 Å². The van der Waals surface area contributed by atoms with Crippen LogP contribution in [0.4, 0.5) is 5.69 Å². The summed E-state index contributed by atoms with van der Waals surface area (Å²) in [5, 5.41) is 9.25. The minimum atomic E-state index is -0.863. The number of methoxy groups -OCH3 is 1. The van der Waals surface area contributed by atoms with Gasteiger partial charge in [0.15, 0.2) is 0 Å². The Bertz CT molecular complexity index is 1800. The SMILES string of the molecule is COC(=O)[C@H](Cc1c[nH]c2ccccc12)NC(=O)/C=C/c1cn(-c2cccc(Cl)c2)nc1-c1ccc(N2CCOCC2)cc1. The normalized spacial score (nSPS) is 14.2. The summed E-state index contributed by atoms with van der Waals surface area (Å²) in [4.78, 5) is 31.3. The molecule has 1 atom stereocenters. The molecule has 0 spiro atoms. The molecule has 0 radical (unpaired) electrons. The van der Waals surface area contributed by atoms with Crippen LogP contribution in [0, 0.1) is 0 Å². The largest absolute Gasteiger partial charge is 0.467 e. The van der Waals surface area contributed by atoms with Crippen LogP contribution in [0.5, 0.6) is 0 Å². The van der Waals surface area contributed by atoms with E-state index < -0.39 is 17.9 Å². The number of hydrogen-bond acceptors (Lipinski definition) is 6. The third kappa shape index (κ3) is 6.54. The highest BCUT2D eigenvalue weighted by Gasteiger charge is 2.23. The second kappa shape index (κ2) is 13.2. The lowest BCUT2D eigenvalue weighted by atomic mass is 10.0. The summed E-state index contributed by atoms with van der Waals surface area (Å²) in [6.45, 7) is 3.11. The van der Waals surface area contributed by atoms with Crippen molar-refractivity contribution in [3.63, 3.8) is 0 Å². The zero-order valence-corrected chi connectivity index (χ0v) is 25.0. The zero-order chi connectivity index (χ0) is 30.5. The van der Waals surface area contributed by atoms with Crippen molar-refractivity contribution in [1.82, 2.24) is 20.1 Å². The van der Waals surface area contributed by atoms with Gasteiger partial charge in [-0.15, -0.1) is 0 Å². The molecule has 1 fully saturated rings. The maximum atomic E-state index is 13.2. The molecule has 2 aromatic heterocycles. The van der Waals surface area contributed by atoms with Crippen LogP contribution in [0.1, 0.15) is 11.1 Å². The highest BCUT2D eigenvalue weighted by Crippen LogP contribution is 2.28. The molecule has 0 unspecified atom stereocenters. The second-order valence-electron chi connectivity index (χ2n) is 10.5. The molecule has 44 heavy (non-hydrogen) atoms. The van der Waals surface area contributed by atoms with Crippen molar-refractivity contribution in [3.8, 4) is 16.9 Å². The lowest BCUT2D eigenvalue weighted by molar-refractivity contribution is -0.144. The fourth-order valence-corrected chi connectivity index (χ4v) is 5.56. The smallest absolute Gasteiger partial charge is 0.328 e. The van der Waals surface area contributed by atoms with E-state index in [4.69, 9.17) is 26.2 Å². The lowest BCUT2D eigenvalue weighted by Gasteiger charge is -2.28. The van der Waals surface area contributed by atoms with Crippen LogP contribution < -0.4 is 10.2 Å². The summed E-state index contributed by atoms with van der Waals surface area (Å²) in [6, 6.07) is 22.6. The van der Waals surface area contributed by atoms with E-state index in [9.17, 15) is 9.59 Å². The van der Waals surface area contributed by atoms with Gasteiger partial charge in [0.05, 0.1) is 31.7 Å². The minimum absolute atomic E-state index is 0.281. The molecule has 2 N–H and O–H groups in total. The summed E-state index contributed by atoms with van der Waals surface area (Å²) in [5.74, 6) is -0.948. The Balaban J connectivity index is 1.26. The van der Waals surface area contributed by atoms with Crippen molar-refractivity contribution in [2.75, 3.05) is 38.3 Å². The van der Waals surface area contributed by atoms with Gasteiger partial charge in [-0.25, -0.2) is 9.48 Å². The first-order valence-electron chi connectivity index (χ1n) is 14.4. The maximum Gasteiger partial charge on any atom is 0.328 e. The number of carbonyl (C=O) groups excluding carboxylic acids is 2.